The highest BCUT2D eigenvalue weighted by Crippen LogP contribution is 2.29. The number of rotatable bonds is 1. The molecule has 1 heterocycles. The van der Waals surface area contributed by atoms with Crippen molar-refractivity contribution in [3.8, 4) is 0 Å². The first kappa shape index (κ1) is 9.04. The van der Waals surface area contributed by atoms with Crippen molar-refractivity contribution in [2.75, 3.05) is 6.54 Å². The number of amides is 1. The third-order valence-corrected chi connectivity index (χ3v) is 3.54. The number of hydrogen-bond acceptors (Lipinski definition) is 1. The molecule has 1 atom stereocenters. The van der Waals surface area contributed by atoms with Crippen LogP contribution in [0.2, 0.25) is 0 Å². The van der Waals surface area contributed by atoms with E-state index in [1.165, 1.54) is 25.7 Å². The molecule has 1 saturated carbocycles. The van der Waals surface area contributed by atoms with Gasteiger partial charge in [-0.3, -0.25) is 4.79 Å². The van der Waals surface area contributed by atoms with E-state index in [0.29, 0.717) is 17.9 Å². The molecule has 1 amide bonds. The molecule has 2 aliphatic rings. The van der Waals surface area contributed by atoms with Crippen LogP contribution in [0.4, 0.5) is 0 Å². The second-order valence-corrected chi connectivity index (χ2v) is 4.50. The van der Waals surface area contributed by atoms with Crippen molar-refractivity contribution < 1.29 is 4.79 Å². The van der Waals surface area contributed by atoms with Gasteiger partial charge >= 0.3 is 0 Å². The van der Waals surface area contributed by atoms with E-state index in [2.05, 4.69) is 11.8 Å². The lowest BCUT2D eigenvalue weighted by Gasteiger charge is -2.24. The van der Waals surface area contributed by atoms with Gasteiger partial charge in [0.1, 0.15) is 0 Å². The quantitative estimate of drug-likeness (QED) is 0.607. The van der Waals surface area contributed by atoms with Crippen LogP contribution >= 0.6 is 0 Å². The van der Waals surface area contributed by atoms with Gasteiger partial charge in [-0.2, -0.15) is 0 Å². The van der Waals surface area contributed by atoms with Crippen LogP contribution in [0.5, 0.6) is 0 Å². The molecule has 1 aliphatic heterocycles. The Morgan fingerprint density at radius 2 is 1.85 bits per heavy atom. The van der Waals surface area contributed by atoms with Gasteiger partial charge < -0.3 is 4.90 Å². The number of hydrogen-bond donors (Lipinski definition) is 0. The van der Waals surface area contributed by atoms with Crippen molar-refractivity contribution in [1.82, 2.24) is 4.90 Å². The Balaban J connectivity index is 1.95. The Bertz CT molecular complexity index is 196. The summed E-state index contributed by atoms with van der Waals surface area (Å²) in [6, 6.07) is 0.507. The topological polar surface area (TPSA) is 20.3 Å². The molecule has 0 aromatic rings. The largest absolute Gasteiger partial charge is 0.340 e. The van der Waals surface area contributed by atoms with Crippen molar-refractivity contribution in [3.05, 3.63) is 0 Å². The van der Waals surface area contributed by atoms with Crippen molar-refractivity contribution in [1.29, 1.82) is 0 Å². The molecule has 1 aliphatic carbocycles. The van der Waals surface area contributed by atoms with Crippen molar-refractivity contribution in [2.45, 2.75) is 51.5 Å². The van der Waals surface area contributed by atoms with Crippen LogP contribution in [0.25, 0.3) is 0 Å². The zero-order valence-corrected chi connectivity index (χ0v) is 8.46. The smallest absolute Gasteiger partial charge is 0.225 e. The second kappa shape index (κ2) is 3.69. The van der Waals surface area contributed by atoms with Gasteiger partial charge in [0.2, 0.25) is 5.91 Å². The van der Waals surface area contributed by atoms with Crippen molar-refractivity contribution in [2.24, 2.45) is 5.92 Å². The molecule has 2 rings (SSSR count). The van der Waals surface area contributed by atoms with E-state index in [1.54, 1.807) is 0 Å². The lowest BCUT2D eigenvalue weighted by Crippen LogP contribution is -2.37. The molecule has 0 aromatic carbocycles. The Morgan fingerprint density at radius 1 is 1.15 bits per heavy atom. The summed E-state index contributed by atoms with van der Waals surface area (Å²) in [5.74, 6) is 0.822. The van der Waals surface area contributed by atoms with Crippen LogP contribution in [0.1, 0.15) is 45.4 Å². The fourth-order valence-electron chi connectivity index (χ4n) is 2.67. The highest BCUT2D eigenvalue weighted by atomic mass is 16.2. The summed E-state index contributed by atoms with van der Waals surface area (Å²) in [5.41, 5.74) is 0. The molecular weight excluding hydrogens is 162 g/mol. The fraction of sp³-hybridized carbons (Fsp3) is 0.909. The summed E-state index contributed by atoms with van der Waals surface area (Å²) >= 11 is 0. The highest BCUT2D eigenvalue weighted by molar-refractivity contribution is 5.79. The average molecular weight is 181 g/mol. The molecule has 1 saturated heterocycles. The zero-order valence-electron chi connectivity index (χ0n) is 8.46. The molecule has 0 aromatic heterocycles. The zero-order chi connectivity index (χ0) is 9.26. The number of carbonyl (C=O) groups is 1. The second-order valence-electron chi connectivity index (χ2n) is 4.50. The Labute approximate surface area is 80.3 Å². The number of likely N-dealkylation sites (tertiary alicyclic amines) is 1. The Kier molecular flexibility index (Phi) is 2.56. The van der Waals surface area contributed by atoms with Crippen LogP contribution in [-0.2, 0) is 4.79 Å². The van der Waals surface area contributed by atoms with Gasteiger partial charge in [-0.25, -0.2) is 0 Å². The van der Waals surface area contributed by atoms with Crippen LogP contribution in [-0.4, -0.2) is 23.4 Å². The predicted molar refractivity (Wildman–Crippen MR) is 52.4 cm³/mol. The molecular formula is C11H19NO. The SMILES string of the molecule is C[C@@H]1CCCN1C(=O)C1CCCC1. The number of nitrogens with zero attached hydrogens (tertiary/aromatic N) is 1. The molecule has 13 heavy (non-hydrogen) atoms. The maximum absolute atomic E-state index is 12.0. The maximum Gasteiger partial charge on any atom is 0.225 e. The van der Waals surface area contributed by atoms with Gasteiger partial charge in [0, 0.05) is 18.5 Å². The molecule has 74 valence electrons. The first-order chi connectivity index (χ1) is 6.29. The highest BCUT2D eigenvalue weighted by Gasteiger charge is 2.31. The monoisotopic (exact) mass is 181 g/mol. The molecule has 2 fully saturated rings. The molecule has 0 unspecified atom stereocenters. The normalized spacial score (nSPS) is 29.9. The van der Waals surface area contributed by atoms with E-state index >= 15 is 0 Å². The molecule has 0 spiro atoms. The van der Waals surface area contributed by atoms with Crippen molar-refractivity contribution >= 4 is 5.91 Å². The standard InChI is InChI=1S/C11H19NO/c1-9-5-4-8-12(9)11(13)10-6-2-3-7-10/h9-10H,2-8H2,1H3/t9-/m1/s1. The van der Waals surface area contributed by atoms with Gasteiger partial charge in [0.25, 0.3) is 0 Å². The molecule has 0 N–H and O–H groups in total. The lowest BCUT2D eigenvalue weighted by molar-refractivity contribution is -0.135. The molecule has 2 nitrogen and oxygen atoms in total. The third-order valence-electron chi connectivity index (χ3n) is 3.54. The minimum atomic E-state index is 0.376. The van der Waals surface area contributed by atoms with Crippen LogP contribution in [0, 0.1) is 5.92 Å². The molecule has 2 heteroatoms. The Hall–Kier alpha value is -0.530. The van der Waals surface area contributed by atoms with Gasteiger partial charge in [-0.05, 0) is 32.6 Å². The summed E-state index contributed by atoms with van der Waals surface area (Å²) in [6.45, 7) is 3.19. The minimum Gasteiger partial charge on any atom is -0.340 e. The average Bonchev–Trinajstić information content (AvgIpc) is 2.72. The third kappa shape index (κ3) is 1.72. The van der Waals surface area contributed by atoms with Crippen LogP contribution < -0.4 is 0 Å². The van der Waals surface area contributed by atoms with Crippen LogP contribution in [0.3, 0.4) is 0 Å². The van der Waals surface area contributed by atoms with Gasteiger partial charge in [-0.1, -0.05) is 12.8 Å². The van der Waals surface area contributed by atoms with E-state index in [9.17, 15) is 4.79 Å². The summed E-state index contributed by atoms with van der Waals surface area (Å²) in [6.07, 6.45) is 7.22. The van der Waals surface area contributed by atoms with Crippen LogP contribution in [0.15, 0.2) is 0 Å². The number of carbonyl (C=O) groups excluding carboxylic acids is 1. The molecule has 0 radical (unpaired) electrons. The van der Waals surface area contributed by atoms with Gasteiger partial charge in [0.15, 0.2) is 0 Å². The molecule has 0 bridgehead atoms. The van der Waals surface area contributed by atoms with E-state index < -0.39 is 0 Å². The first-order valence-corrected chi connectivity index (χ1v) is 5.59. The van der Waals surface area contributed by atoms with E-state index in [1.807, 2.05) is 0 Å². The first-order valence-electron chi connectivity index (χ1n) is 5.59. The van der Waals surface area contributed by atoms with Crippen molar-refractivity contribution in [3.63, 3.8) is 0 Å². The minimum absolute atomic E-state index is 0.376. The summed E-state index contributed by atoms with van der Waals surface area (Å²) in [4.78, 5) is 14.1. The predicted octanol–water partition coefficient (Wildman–Crippen LogP) is 2.19. The van der Waals surface area contributed by atoms with Gasteiger partial charge in [-0.15, -0.1) is 0 Å². The Morgan fingerprint density at radius 3 is 2.38 bits per heavy atom. The lowest BCUT2D eigenvalue weighted by atomic mass is 10.1. The van der Waals surface area contributed by atoms with E-state index in [-0.39, 0.29) is 0 Å². The summed E-state index contributed by atoms with van der Waals surface area (Å²) < 4.78 is 0. The summed E-state index contributed by atoms with van der Waals surface area (Å²) in [5, 5.41) is 0. The van der Waals surface area contributed by atoms with E-state index in [4.69, 9.17) is 0 Å². The fourth-order valence-corrected chi connectivity index (χ4v) is 2.67. The van der Waals surface area contributed by atoms with E-state index in [0.717, 1.165) is 19.4 Å². The maximum atomic E-state index is 12.0. The van der Waals surface area contributed by atoms with Gasteiger partial charge in [0.05, 0.1) is 0 Å². The summed E-state index contributed by atoms with van der Waals surface area (Å²) in [7, 11) is 0.